The summed E-state index contributed by atoms with van der Waals surface area (Å²) in [4.78, 5) is 9.66. The molecule has 2 N–H and O–H groups in total. The number of aromatic nitrogens is 1. The molecule has 1 fully saturated rings. The lowest BCUT2D eigenvalue weighted by Crippen LogP contribution is -2.47. The Kier molecular flexibility index (Phi) is 4.25. The zero-order valence-electron chi connectivity index (χ0n) is 11.8. The van der Waals surface area contributed by atoms with E-state index in [9.17, 15) is 0 Å². The Balaban J connectivity index is 1.62. The van der Waals surface area contributed by atoms with Crippen molar-refractivity contribution in [3.63, 3.8) is 0 Å². The molecule has 4 heteroatoms. The molecule has 0 bridgehead atoms. The van der Waals surface area contributed by atoms with E-state index in [1.165, 1.54) is 5.39 Å². The minimum atomic E-state index is 0.756. The van der Waals surface area contributed by atoms with E-state index in [1.807, 2.05) is 6.07 Å². The molecular formula is C16H22N4. The summed E-state index contributed by atoms with van der Waals surface area (Å²) in [6.45, 7) is 7.16. The Morgan fingerprint density at radius 3 is 2.50 bits per heavy atom. The average Bonchev–Trinajstić information content (AvgIpc) is 2.49. The van der Waals surface area contributed by atoms with Gasteiger partial charge >= 0.3 is 0 Å². The molecule has 3 rings (SSSR count). The predicted molar refractivity (Wildman–Crippen MR) is 82.5 cm³/mol. The summed E-state index contributed by atoms with van der Waals surface area (Å²) in [6, 6.07) is 12.6. The van der Waals surface area contributed by atoms with Crippen molar-refractivity contribution < 1.29 is 0 Å². The second-order valence-corrected chi connectivity index (χ2v) is 5.40. The van der Waals surface area contributed by atoms with Gasteiger partial charge < -0.3 is 5.73 Å². The maximum absolute atomic E-state index is 5.61. The Morgan fingerprint density at radius 1 is 0.950 bits per heavy atom. The van der Waals surface area contributed by atoms with Crippen LogP contribution in [-0.2, 0) is 6.54 Å². The second-order valence-electron chi connectivity index (χ2n) is 5.40. The van der Waals surface area contributed by atoms with Crippen LogP contribution in [0.15, 0.2) is 36.4 Å². The highest BCUT2D eigenvalue weighted by Gasteiger charge is 2.16. The Labute approximate surface area is 120 Å². The number of hydrogen-bond donors (Lipinski definition) is 1. The van der Waals surface area contributed by atoms with Crippen molar-refractivity contribution in [2.24, 2.45) is 5.73 Å². The van der Waals surface area contributed by atoms with Gasteiger partial charge in [0.1, 0.15) is 0 Å². The van der Waals surface area contributed by atoms with Gasteiger partial charge in [-0.3, -0.25) is 14.8 Å². The van der Waals surface area contributed by atoms with Crippen LogP contribution in [0.2, 0.25) is 0 Å². The minimum Gasteiger partial charge on any atom is -0.329 e. The third-order valence-corrected chi connectivity index (χ3v) is 3.95. The number of piperazine rings is 1. The van der Waals surface area contributed by atoms with Crippen molar-refractivity contribution in [1.82, 2.24) is 14.8 Å². The quantitative estimate of drug-likeness (QED) is 0.910. The zero-order valence-corrected chi connectivity index (χ0v) is 11.8. The molecule has 0 aliphatic carbocycles. The van der Waals surface area contributed by atoms with Gasteiger partial charge in [-0.1, -0.05) is 24.3 Å². The molecule has 2 aromatic rings. The first kappa shape index (κ1) is 13.5. The summed E-state index contributed by atoms with van der Waals surface area (Å²) in [7, 11) is 0. The van der Waals surface area contributed by atoms with Crippen molar-refractivity contribution in [1.29, 1.82) is 0 Å². The first-order valence-corrected chi connectivity index (χ1v) is 7.34. The average molecular weight is 270 g/mol. The summed E-state index contributed by atoms with van der Waals surface area (Å²) in [5.74, 6) is 0. The van der Waals surface area contributed by atoms with E-state index in [2.05, 4.69) is 40.1 Å². The number of rotatable bonds is 4. The van der Waals surface area contributed by atoms with Crippen molar-refractivity contribution >= 4 is 10.9 Å². The summed E-state index contributed by atoms with van der Waals surface area (Å²) in [5.41, 5.74) is 7.86. The molecule has 1 saturated heterocycles. The van der Waals surface area contributed by atoms with Gasteiger partial charge in [-0.25, -0.2) is 0 Å². The number of hydrogen-bond acceptors (Lipinski definition) is 4. The van der Waals surface area contributed by atoms with Gasteiger partial charge in [0.25, 0.3) is 0 Å². The fraction of sp³-hybridized carbons (Fsp3) is 0.438. The third-order valence-electron chi connectivity index (χ3n) is 3.95. The van der Waals surface area contributed by atoms with Crippen molar-refractivity contribution in [3.05, 3.63) is 42.1 Å². The van der Waals surface area contributed by atoms with Crippen molar-refractivity contribution in [3.8, 4) is 0 Å². The Bertz CT molecular complexity index is 561. The van der Waals surface area contributed by atoms with Crippen LogP contribution in [0.4, 0.5) is 0 Å². The molecule has 106 valence electrons. The second kappa shape index (κ2) is 6.31. The molecule has 1 aromatic heterocycles. The lowest BCUT2D eigenvalue weighted by Gasteiger charge is -2.34. The monoisotopic (exact) mass is 270 g/mol. The number of pyridine rings is 1. The van der Waals surface area contributed by atoms with Crippen LogP contribution in [0.3, 0.4) is 0 Å². The van der Waals surface area contributed by atoms with E-state index in [1.54, 1.807) is 0 Å². The standard InChI is InChI=1S/C16H22N4/c17-7-8-19-9-11-20(12-10-19)13-15-6-5-14-3-1-2-4-16(14)18-15/h1-6H,7-13,17H2. The first-order valence-electron chi connectivity index (χ1n) is 7.34. The van der Waals surface area contributed by atoms with Crippen molar-refractivity contribution in [2.75, 3.05) is 39.3 Å². The molecule has 4 nitrogen and oxygen atoms in total. The van der Waals surface area contributed by atoms with E-state index < -0.39 is 0 Å². The summed E-state index contributed by atoms with van der Waals surface area (Å²) < 4.78 is 0. The fourth-order valence-electron chi connectivity index (χ4n) is 2.78. The molecule has 0 atom stereocenters. The Morgan fingerprint density at radius 2 is 1.70 bits per heavy atom. The highest BCUT2D eigenvalue weighted by atomic mass is 15.3. The van der Waals surface area contributed by atoms with Gasteiger partial charge in [0, 0.05) is 51.2 Å². The number of nitrogens with two attached hydrogens (primary N) is 1. The smallest absolute Gasteiger partial charge is 0.0705 e. The number of benzene rings is 1. The van der Waals surface area contributed by atoms with Gasteiger partial charge in [0.05, 0.1) is 11.2 Å². The molecule has 0 saturated carbocycles. The molecule has 20 heavy (non-hydrogen) atoms. The van der Waals surface area contributed by atoms with Crippen molar-refractivity contribution in [2.45, 2.75) is 6.54 Å². The normalized spacial score (nSPS) is 17.6. The summed E-state index contributed by atoms with van der Waals surface area (Å²) >= 11 is 0. The molecule has 0 amide bonds. The van der Waals surface area contributed by atoms with Gasteiger partial charge in [0.15, 0.2) is 0 Å². The lowest BCUT2D eigenvalue weighted by atomic mass is 10.2. The SMILES string of the molecule is NCCN1CCN(Cc2ccc3ccccc3n2)CC1. The number of nitrogens with zero attached hydrogens (tertiary/aromatic N) is 3. The first-order chi connectivity index (χ1) is 9.85. The highest BCUT2D eigenvalue weighted by molar-refractivity contribution is 5.78. The van der Waals surface area contributed by atoms with Crippen LogP contribution in [0.1, 0.15) is 5.69 Å². The minimum absolute atomic E-state index is 0.756. The van der Waals surface area contributed by atoms with E-state index in [0.717, 1.165) is 57.0 Å². The van der Waals surface area contributed by atoms with E-state index in [4.69, 9.17) is 10.7 Å². The van der Waals surface area contributed by atoms with Crippen LogP contribution in [0.25, 0.3) is 10.9 Å². The van der Waals surface area contributed by atoms with Crippen LogP contribution in [-0.4, -0.2) is 54.1 Å². The van der Waals surface area contributed by atoms with Crippen LogP contribution < -0.4 is 5.73 Å². The zero-order chi connectivity index (χ0) is 13.8. The molecule has 1 aromatic carbocycles. The topological polar surface area (TPSA) is 45.4 Å². The van der Waals surface area contributed by atoms with E-state index in [0.29, 0.717) is 0 Å². The molecule has 0 unspecified atom stereocenters. The lowest BCUT2D eigenvalue weighted by molar-refractivity contribution is 0.129. The largest absolute Gasteiger partial charge is 0.329 e. The number of para-hydroxylation sites is 1. The van der Waals surface area contributed by atoms with Gasteiger partial charge in [-0.15, -0.1) is 0 Å². The Hall–Kier alpha value is -1.49. The molecular weight excluding hydrogens is 248 g/mol. The fourth-order valence-corrected chi connectivity index (χ4v) is 2.78. The van der Waals surface area contributed by atoms with E-state index in [-0.39, 0.29) is 0 Å². The molecule has 0 radical (unpaired) electrons. The molecule has 1 aliphatic heterocycles. The molecule has 2 heterocycles. The maximum Gasteiger partial charge on any atom is 0.0705 e. The maximum atomic E-state index is 5.61. The summed E-state index contributed by atoms with van der Waals surface area (Å²) in [6.07, 6.45) is 0. The highest BCUT2D eigenvalue weighted by Crippen LogP contribution is 2.13. The van der Waals surface area contributed by atoms with Gasteiger partial charge in [0.2, 0.25) is 0 Å². The van der Waals surface area contributed by atoms with Gasteiger partial charge in [-0.2, -0.15) is 0 Å². The van der Waals surface area contributed by atoms with Gasteiger partial charge in [-0.05, 0) is 12.1 Å². The summed E-state index contributed by atoms with van der Waals surface area (Å²) in [5, 5.41) is 1.21. The third kappa shape index (κ3) is 3.15. The van der Waals surface area contributed by atoms with Crippen LogP contribution in [0, 0.1) is 0 Å². The molecule has 1 aliphatic rings. The van der Waals surface area contributed by atoms with E-state index >= 15 is 0 Å². The van der Waals surface area contributed by atoms with Crippen LogP contribution in [0.5, 0.6) is 0 Å². The number of fused-ring (bicyclic) bond motifs is 1. The van der Waals surface area contributed by atoms with Crippen LogP contribution >= 0.6 is 0 Å². The predicted octanol–water partition coefficient (Wildman–Crippen LogP) is 1.31. The molecule has 0 spiro atoms.